The van der Waals surface area contributed by atoms with E-state index in [1.807, 2.05) is 24.3 Å². The molecule has 0 bridgehead atoms. The molecule has 0 fully saturated rings. The van der Waals surface area contributed by atoms with Gasteiger partial charge in [0, 0.05) is 10.6 Å². The van der Waals surface area contributed by atoms with Crippen LogP contribution in [0.2, 0.25) is 0 Å². The Kier molecular flexibility index (Phi) is 6.42. The molecular formula is C11H16BrO2P. The first-order valence-electron chi connectivity index (χ1n) is 5.06. The normalized spacial score (nSPS) is 12.7. The predicted molar refractivity (Wildman–Crippen MR) is 67.8 cm³/mol. The minimum Gasteiger partial charge on any atom is -0.350 e. The van der Waals surface area contributed by atoms with Crippen LogP contribution in [0.5, 0.6) is 0 Å². The molecule has 0 aliphatic heterocycles. The average molecular weight is 291 g/mol. The number of hydrogen-bond acceptors (Lipinski definition) is 2. The molecule has 15 heavy (non-hydrogen) atoms. The number of rotatable bonds is 6. The van der Waals surface area contributed by atoms with E-state index in [2.05, 4.69) is 22.9 Å². The van der Waals surface area contributed by atoms with E-state index in [4.69, 9.17) is 4.52 Å². The Labute approximate surface area is 101 Å². The zero-order valence-electron chi connectivity index (χ0n) is 8.82. The summed E-state index contributed by atoms with van der Waals surface area (Å²) in [5.41, 5.74) is 1.10. The molecule has 1 atom stereocenters. The van der Waals surface area contributed by atoms with E-state index in [1.54, 1.807) is 0 Å². The minimum absolute atomic E-state index is 0.598. The number of unbranched alkanes of at least 4 members (excludes halogenated alkanes) is 1. The molecule has 84 valence electrons. The summed E-state index contributed by atoms with van der Waals surface area (Å²) >= 11 is 3.45. The van der Waals surface area contributed by atoms with E-state index in [0.717, 1.165) is 22.9 Å². The Morgan fingerprint density at radius 2 is 2.13 bits per heavy atom. The van der Waals surface area contributed by atoms with Gasteiger partial charge in [0.1, 0.15) is 0 Å². The highest BCUT2D eigenvalue weighted by Crippen LogP contribution is 2.38. The highest BCUT2D eigenvalue weighted by atomic mass is 79.9. The molecule has 0 radical (unpaired) electrons. The maximum Gasteiger partial charge on any atom is 0.172 e. The second kappa shape index (κ2) is 7.34. The number of hydrogen-bond donors (Lipinski definition) is 1. The van der Waals surface area contributed by atoms with Crippen molar-refractivity contribution in [1.82, 2.24) is 0 Å². The van der Waals surface area contributed by atoms with Gasteiger partial charge in [0.2, 0.25) is 0 Å². The fraction of sp³-hybridized carbons (Fsp3) is 0.455. The summed E-state index contributed by atoms with van der Waals surface area (Å²) in [6, 6.07) is 7.91. The van der Waals surface area contributed by atoms with Gasteiger partial charge in [-0.05, 0) is 18.1 Å². The van der Waals surface area contributed by atoms with Crippen LogP contribution < -0.4 is 0 Å². The van der Waals surface area contributed by atoms with Crippen LogP contribution in [0.15, 0.2) is 28.7 Å². The van der Waals surface area contributed by atoms with Crippen LogP contribution in [-0.4, -0.2) is 11.5 Å². The van der Waals surface area contributed by atoms with Gasteiger partial charge in [-0.25, -0.2) is 0 Å². The summed E-state index contributed by atoms with van der Waals surface area (Å²) in [5, 5.41) is 0. The van der Waals surface area contributed by atoms with Crippen molar-refractivity contribution in [2.45, 2.75) is 25.9 Å². The number of benzene rings is 1. The van der Waals surface area contributed by atoms with E-state index in [-0.39, 0.29) is 0 Å². The van der Waals surface area contributed by atoms with Gasteiger partial charge in [0.15, 0.2) is 8.38 Å². The lowest BCUT2D eigenvalue weighted by molar-refractivity contribution is 0.302. The largest absolute Gasteiger partial charge is 0.350 e. The number of halogens is 1. The van der Waals surface area contributed by atoms with Gasteiger partial charge in [0.25, 0.3) is 0 Å². The van der Waals surface area contributed by atoms with Crippen molar-refractivity contribution >= 4 is 24.3 Å². The quantitative estimate of drug-likeness (QED) is 0.632. The maximum absolute atomic E-state index is 9.68. The molecule has 0 amide bonds. The molecule has 1 rings (SSSR count). The van der Waals surface area contributed by atoms with Gasteiger partial charge in [-0.1, -0.05) is 47.5 Å². The summed E-state index contributed by atoms with van der Waals surface area (Å²) in [7, 11) is -1.31. The second-order valence-corrected chi connectivity index (χ2v) is 5.42. The summed E-state index contributed by atoms with van der Waals surface area (Å²) in [4.78, 5) is 9.68. The third kappa shape index (κ3) is 5.07. The van der Waals surface area contributed by atoms with E-state index in [1.165, 1.54) is 0 Å². The first-order valence-corrected chi connectivity index (χ1v) is 7.26. The molecule has 0 saturated heterocycles. The van der Waals surface area contributed by atoms with E-state index in [9.17, 15) is 4.89 Å². The molecular weight excluding hydrogens is 275 g/mol. The lowest BCUT2D eigenvalue weighted by Crippen LogP contribution is -1.92. The smallest absolute Gasteiger partial charge is 0.172 e. The third-order valence-electron chi connectivity index (χ3n) is 2.00. The van der Waals surface area contributed by atoms with Crippen LogP contribution in [-0.2, 0) is 10.7 Å². The van der Waals surface area contributed by atoms with Crippen molar-refractivity contribution in [2.75, 3.05) is 6.61 Å². The van der Waals surface area contributed by atoms with Crippen molar-refractivity contribution < 1.29 is 9.42 Å². The zero-order chi connectivity index (χ0) is 11.1. The first kappa shape index (κ1) is 13.1. The van der Waals surface area contributed by atoms with Crippen LogP contribution in [0.3, 0.4) is 0 Å². The van der Waals surface area contributed by atoms with Crippen LogP contribution in [0.1, 0.15) is 25.3 Å². The van der Waals surface area contributed by atoms with Gasteiger partial charge >= 0.3 is 0 Å². The van der Waals surface area contributed by atoms with E-state index in [0.29, 0.717) is 12.8 Å². The Bertz CT molecular complexity index is 294. The second-order valence-electron chi connectivity index (χ2n) is 3.29. The van der Waals surface area contributed by atoms with Crippen LogP contribution in [0.25, 0.3) is 0 Å². The van der Waals surface area contributed by atoms with Crippen LogP contribution >= 0.6 is 24.3 Å². The molecule has 1 unspecified atom stereocenters. The molecule has 1 aromatic rings. The third-order valence-corrected chi connectivity index (χ3v) is 3.87. The standard InChI is InChI=1S/C11H16BrO2P/c1-2-3-8-14-15(13)9-10-6-4-5-7-11(10)12/h4-7,13H,2-3,8-9H2,1H3. The first-order chi connectivity index (χ1) is 7.24. The van der Waals surface area contributed by atoms with Crippen molar-refractivity contribution in [3.05, 3.63) is 34.3 Å². The fourth-order valence-electron chi connectivity index (χ4n) is 1.13. The van der Waals surface area contributed by atoms with Crippen molar-refractivity contribution in [2.24, 2.45) is 0 Å². The Morgan fingerprint density at radius 3 is 2.80 bits per heavy atom. The highest BCUT2D eigenvalue weighted by molar-refractivity contribution is 9.10. The highest BCUT2D eigenvalue weighted by Gasteiger charge is 2.08. The zero-order valence-corrected chi connectivity index (χ0v) is 11.3. The van der Waals surface area contributed by atoms with Crippen LogP contribution in [0.4, 0.5) is 0 Å². The van der Waals surface area contributed by atoms with Crippen molar-refractivity contribution in [3.63, 3.8) is 0 Å². The molecule has 0 aromatic heterocycles. The lowest BCUT2D eigenvalue weighted by atomic mass is 10.2. The van der Waals surface area contributed by atoms with Gasteiger partial charge in [-0.2, -0.15) is 0 Å². The molecule has 2 nitrogen and oxygen atoms in total. The monoisotopic (exact) mass is 290 g/mol. The van der Waals surface area contributed by atoms with Gasteiger partial charge < -0.3 is 9.42 Å². The molecule has 4 heteroatoms. The van der Waals surface area contributed by atoms with Crippen molar-refractivity contribution in [1.29, 1.82) is 0 Å². The van der Waals surface area contributed by atoms with Gasteiger partial charge in [0.05, 0.1) is 6.61 Å². The molecule has 1 aromatic carbocycles. The lowest BCUT2D eigenvalue weighted by Gasteiger charge is -2.11. The molecule has 0 saturated carbocycles. The molecule has 0 aliphatic rings. The van der Waals surface area contributed by atoms with Crippen LogP contribution in [0, 0.1) is 0 Å². The topological polar surface area (TPSA) is 29.5 Å². The summed E-state index contributed by atoms with van der Waals surface area (Å²) in [6.07, 6.45) is 2.70. The maximum atomic E-state index is 9.68. The molecule has 0 spiro atoms. The summed E-state index contributed by atoms with van der Waals surface area (Å²) in [5.74, 6) is 0. The van der Waals surface area contributed by atoms with E-state index < -0.39 is 8.38 Å². The minimum atomic E-state index is -1.31. The Balaban J connectivity index is 2.37. The molecule has 1 N–H and O–H groups in total. The van der Waals surface area contributed by atoms with Gasteiger partial charge in [-0.3, -0.25) is 0 Å². The summed E-state index contributed by atoms with van der Waals surface area (Å²) in [6.45, 7) is 2.76. The van der Waals surface area contributed by atoms with E-state index >= 15 is 0 Å². The Hall–Kier alpha value is 0.0500. The predicted octanol–water partition coefficient (Wildman–Crippen LogP) is 4.07. The average Bonchev–Trinajstić information content (AvgIpc) is 2.22. The molecule has 0 heterocycles. The molecule has 0 aliphatic carbocycles. The van der Waals surface area contributed by atoms with Crippen molar-refractivity contribution in [3.8, 4) is 0 Å². The summed E-state index contributed by atoms with van der Waals surface area (Å²) < 4.78 is 6.37. The SMILES string of the molecule is CCCCOP(O)Cc1ccccc1Br. The fourth-order valence-corrected chi connectivity index (χ4v) is 2.77. The van der Waals surface area contributed by atoms with Gasteiger partial charge in [-0.15, -0.1) is 0 Å². The Morgan fingerprint density at radius 1 is 1.40 bits per heavy atom.